The Bertz CT molecular complexity index is 61.0. The summed E-state index contributed by atoms with van der Waals surface area (Å²) in [6, 6.07) is 0. The minimum absolute atomic E-state index is 0.388. The zero-order valence-electron chi connectivity index (χ0n) is 5.25. The molecule has 0 nitrogen and oxygen atoms in total. The van der Waals surface area contributed by atoms with Gasteiger partial charge in [-0.1, -0.05) is 38.5 Å². The number of hydrogen-bond donors (Lipinski definition) is 0. The predicted molar refractivity (Wildman–Crippen MR) is 56.2 cm³/mol. The van der Waals surface area contributed by atoms with Gasteiger partial charge in [-0.3, -0.25) is 0 Å². The quantitative estimate of drug-likeness (QED) is 0.535. The lowest BCUT2D eigenvalue weighted by Crippen LogP contribution is -1.98. The van der Waals surface area contributed by atoms with Crippen molar-refractivity contribution in [3.63, 3.8) is 0 Å². The molecule has 9 heavy (non-hydrogen) atoms. The van der Waals surface area contributed by atoms with Gasteiger partial charge in [0.1, 0.15) is 0 Å². The van der Waals surface area contributed by atoms with E-state index in [1.165, 1.54) is 10.8 Å². The summed E-state index contributed by atoms with van der Waals surface area (Å²) in [6.07, 6.45) is 3.51. The van der Waals surface area contributed by atoms with Crippen molar-refractivity contribution in [1.29, 1.82) is 0 Å². The van der Waals surface area contributed by atoms with Crippen molar-refractivity contribution in [2.75, 3.05) is 9.76 Å². The minimum Gasteiger partial charge on any atom is -0.123 e. The molecule has 0 radical (unpaired) electrons. The van der Waals surface area contributed by atoms with E-state index in [-0.39, 0.29) is 0 Å². The highest BCUT2D eigenvalue weighted by atomic mass is 127. The Morgan fingerprint density at radius 1 is 1.44 bits per heavy atom. The van der Waals surface area contributed by atoms with Crippen molar-refractivity contribution in [3.8, 4) is 0 Å². The molecule has 0 aliphatic heterocycles. The highest BCUT2D eigenvalue weighted by Gasteiger charge is 2.00. The van der Waals surface area contributed by atoms with E-state index in [9.17, 15) is 0 Å². The Hall–Kier alpha value is 1.50. The molecule has 1 atom stereocenters. The van der Waals surface area contributed by atoms with Crippen LogP contribution >= 0.6 is 50.1 Å². The highest BCUT2D eigenvalue weighted by Crippen LogP contribution is 2.11. The Balaban J connectivity index is 2.95. The molecule has 1 unspecified atom stereocenters. The molecule has 56 valence electrons. The highest BCUT2D eigenvalue weighted by molar-refractivity contribution is 14.1. The molecule has 0 saturated heterocycles. The molecule has 0 aromatic rings. The molecular weight excluding hydrogens is 314 g/mol. The summed E-state index contributed by atoms with van der Waals surface area (Å²) in [7, 11) is 0. The standard InChI is InChI=1S/C6H11BrClI/c7-4-3-6(8)2-1-5-9/h6H,1-5H2. The third-order valence-corrected chi connectivity index (χ3v) is 2.73. The van der Waals surface area contributed by atoms with E-state index < -0.39 is 0 Å². The molecule has 0 N–H and O–H groups in total. The summed E-state index contributed by atoms with van der Waals surface area (Å²) in [4.78, 5) is 0. The predicted octanol–water partition coefficient (Wildman–Crippen LogP) is 3.59. The van der Waals surface area contributed by atoms with E-state index in [0.29, 0.717) is 5.38 Å². The average molecular weight is 325 g/mol. The number of halogens is 3. The molecule has 3 heteroatoms. The van der Waals surface area contributed by atoms with Crippen LogP contribution in [-0.2, 0) is 0 Å². The van der Waals surface area contributed by atoms with Crippen LogP contribution in [-0.4, -0.2) is 15.1 Å². The van der Waals surface area contributed by atoms with Crippen molar-refractivity contribution in [2.45, 2.75) is 24.6 Å². The van der Waals surface area contributed by atoms with Crippen molar-refractivity contribution in [2.24, 2.45) is 0 Å². The summed E-state index contributed by atoms with van der Waals surface area (Å²) >= 11 is 11.7. The summed E-state index contributed by atoms with van der Waals surface area (Å²) in [5.41, 5.74) is 0. The van der Waals surface area contributed by atoms with Crippen LogP contribution in [0.2, 0.25) is 0 Å². The molecule has 0 aromatic carbocycles. The summed E-state index contributed by atoms with van der Waals surface area (Å²) in [5, 5.41) is 1.42. The molecule has 0 heterocycles. The largest absolute Gasteiger partial charge is 0.123 e. The molecule has 0 spiro atoms. The van der Waals surface area contributed by atoms with Crippen LogP contribution < -0.4 is 0 Å². The lowest BCUT2D eigenvalue weighted by molar-refractivity contribution is 0.726. The van der Waals surface area contributed by atoms with Crippen LogP contribution in [0.1, 0.15) is 19.3 Å². The second-order valence-electron chi connectivity index (χ2n) is 1.91. The van der Waals surface area contributed by atoms with Gasteiger partial charge >= 0.3 is 0 Å². The normalized spacial score (nSPS) is 13.7. The van der Waals surface area contributed by atoms with E-state index in [2.05, 4.69) is 38.5 Å². The van der Waals surface area contributed by atoms with E-state index in [4.69, 9.17) is 11.6 Å². The molecule has 0 aliphatic rings. The third-order valence-electron chi connectivity index (χ3n) is 1.07. The third kappa shape index (κ3) is 7.40. The number of hydrogen-bond acceptors (Lipinski definition) is 0. The van der Waals surface area contributed by atoms with E-state index in [1.54, 1.807) is 0 Å². The fraction of sp³-hybridized carbons (Fsp3) is 1.00. The van der Waals surface area contributed by atoms with Gasteiger partial charge in [-0.2, -0.15) is 0 Å². The van der Waals surface area contributed by atoms with E-state index in [0.717, 1.165) is 18.2 Å². The van der Waals surface area contributed by atoms with Crippen molar-refractivity contribution in [1.82, 2.24) is 0 Å². The minimum atomic E-state index is 0.388. The van der Waals surface area contributed by atoms with Crippen LogP contribution in [0.5, 0.6) is 0 Å². The Morgan fingerprint density at radius 2 is 2.11 bits per heavy atom. The zero-order valence-corrected chi connectivity index (χ0v) is 9.75. The fourth-order valence-electron chi connectivity index (χ4n) is 0.561. The molecular formula is C6H11BrClI. The monoisotopic (exact) mass is 324 g/mol. The van der Waals surface area contributed by atoms with Gasteiger partial charge in [0, 0.05) is 10.7 Å². The topological polar surface area (TPSA) is 0 Å². The van der Waals surface area contributed by atoms with Gasteiger partial charge in [-0.05, 0) is 23.7 Å². The first-order chi connectivity index (χ1) is 4.31. The molecule has 0 aliphatic carbocycles. The van der Waals surface area contributed by atoms with Crippen LogP contribution in [0, 0.1) is 0 Å². The molecule has 0 saturated carbocycles. The van der Waals surface area contributed by atoms with Gasteiger partial charge < -0.3 is 0 Å². The first-order valence-electron chi connectivity index (χ1n) is 3.07. The van der Waals surface area contributed by atoms with Crippen LogP contribution in [0.4, 0.5) is 0 Å². The summed E-state index contributed by atoms with van der Waals surface area (Å²) in [6.45, 7) is 0. The SMILES string of the molecule is ClC(CCBr)CCCI. The van der Waals surface area contributed by atoms with Gasteiger partial charge in [-0.15, -0.1) is 11.6 Å². The van der Waals surface area contributed by atoms with Crippen molar-refractivity contribution < 1.29 is 0 Å². The lowest BCUT2D eigenvalue weighted by atomic mass is 10.2. The summed E-state index contributed by atoms with van der Waals surface area (Å²) in [5.74, 6) is 0. The van der Waals surface area contributed by atoms with Gasteiger partial charge in [0.15, 0.2) is 0 Å². The maximum atomic E-state index is 5.93. The van der Waals surface area contributed by atoms with Crippen LogP contribution in [0.3, 0.4) is 0 Å². The van der Waals surface area contributed by atoms with Crippen LogP contribution in [0.15, 0.2) is 0 Å². The van der Waals surface area contributed by atoms with E-state index in [1.807, 2.05) is 0 Å². The fourth-order valence-corrected chi connectivity index (χ4v) is 2.08. The second kappa shape index (κ2) is 7.61. The molecule has 0 aromatic heterocycles. The van der Waals surface area contributed by atoms with Crippen molar-refractivity contribution >= 4 is 50.1 Å². The molecule has 0 fully saturated rings. The van der Waals surface area contributed by atoms with Gasteiger partial charge in [0.2, 0.25) is 0 Å². The Morgan fingerprint density at radius 3 is 2.56 bits per heavy atom. The maximum Gasteiger partial charge on any atom is 0.0344 e. The Kier molecular flexibility index (Phi) is 8.87. The average Bonchev–Trinajstić information content (AvgIpc) is 1.85. The molecule has 0 bridgehead atoms. The van der Waals surface area contributed by atoms with E-state index >= 15 is 0 Å². The smallest absolute Gasteiger partial charge is 0.0344 e. The van der Waals surface area contributed by atoms with Gasteiger partial charge in [0.25, 0.3) is 0 Å². The lowest BCUT2D eigenvalue weighted by Gasteiger charge is -2.03. The second-order valence-corrected chi connectivity index (χ2v) is 4.40. The van der Waals surface area contributed by atoms with Crippen LogP contribution in [0.25, 0.3) is 0 Å². The first kappa shape index (κ1) is 10.5. The first-order valence-corrected chi connectivity index (χ1v) is 6.15. The number of alkyl halides is 3. The number of rotatable bonds is 5. The zero-order chi connectivity index (χ0) is 7.11. The van der Waals surface area contributed by atoms with Gasteiger partial charge in [0.05, 0.1) is 0 Å². The molecule has 0 amide bonds. The molecule has 0 rings (SSSR count). The van der Waals surface area contributed by atoms with Crippen molar-refractivity contribution in [3.05, 3.63) is 0 Å². The Labute approximate surface area is 84.0 Å². The van der Waals surface area contributed by atoms with Gasteiger partial charge in [-0.25, -0.2) is 0 Å². The summed E-state index contributed by atoms with van der Waals surface area (Å²) < 4.78 is 1.23. The maximum absolute atomic E-state index is 5.93.